The molecule has 0 spiro atoms. The van der Waals surface area contributed by atoms with Crippen LogP contribution in [-0.4, -0.2) is 28.5 Å². The maximum Gasteiger partial charge on any atom is 0.240 e. The van der Waals surface area contributed by atoms with Gasteiger partial charge in [0.1, 0.15) is 11.9 Å². The van der Waals surface area contributed by atoms with E-state index in [-0.39, 0.29) is 11.9 Å². The molecule has 92 valence electrons. The molecule has 1 saturated heterocycles. The number of anilines is 1. The number of piperidine rings is 1. The van der Waals surface area contributed by atoms with Crippen molar-refractivity contribution < 1.29 is 4.79 Å². The van der Waals surface area contributed by atoms with Gasteiger partial charge in [0.2, 0.25) is 5.91 Å². The van der Waals surface area contributed by atoms with Gasteiger partial charge in [-0.2, -0.15) is 0 Å². The second-order valence-electron chi connectivity index (χ2n) is 4.18. The molecule has 1 unspecified atom stereocenters. The molecule has 0 aromatic carbocycles. The van der Waals surface area contributed by atoms with Crippen molar-refractivity contribution in [2.24, 2.45) is 11.5 Å². The lowest BCUT2D eigenvalue weighted by Gasteiger charge is -2.34. The molecule has 4 N–H and O–H groups in total. The van der Waals surface area contributed by atoms with Crippen molar-refractivity contribution in [3.05, 3.63) is 18.1 Å². The number of rotatable bonds is 3. The largest absolute Gasteiger partial charge is 0.368 e. The highest BCUT2D eigenvalue weighted by Gasteiger charge is 2.27. The summed E-state index contributed by atoms with van der Waals surface area (Å²) in [6, 6.07) is -0.262. The number of carbonyl (C=O) groups excluding carboxylic acids is 1. The third-order valence-electron chi connectivity index (χ3n) is 3.03. The van der Waals surface area contributed by atoms with Crippen molar-refractivity contribution in [3.63, 3.8) is 0 Å². The van der Waals surface area contributed by atoms with E-state index in [1.165, 1.54) is 0 Å². The number of hydrogen-bond acceptors (Lipinski definition) is 5. The molecule has 1 atom stereocenters. The van der Waals surface area contributed by atoms with Crippen LogP contribution >= 0.6 is 0 Å². The Kier molecular flexibility index (Phi) is 3.53. The smallest absolute Gasteiger partial charge is 0.240 e. The van der Waals surface area contributed by atoms with Crippen molar-refractivity contribution in [1.82, 2.24) is 9.97 Å². The van der Waals surface area contributed by atoms with Gasteiger partial charge in [0, 0.05) is 13.1 Å². The van der Waals surface area contributed by atoms with Crippen molar-refractivity contribution >= 4 is 11.7 Å². The van der Waals surface area contributed by atoms with Gasteiger partial charge in [0.25, 0.3) is 0 Å². The summed E-state index contributed by atoms with van der Waals surface area (Å²) in [7, 11) is 0. The maximum atomic E-state index is 11.4. The third kappa shape index (κ3) is 2.52. The highest BCUT2D eigenvalue weighted by atomic mass is 16.1. The van der Waals surface area contributed by atoms with E-state index in [1.807, 2.05) is 4.90 Å². The van der Waals surface area contributed by atoms with Crippen molar-refractivity contribution in [2.45, 2.75) is 31.8 Å². The van der Waals surface area contributed by atoms with E-state index in [4.69, 9.17) is 11.5 Å². The van der Waals surface area contributed by atoms with Gasteiger partial charge in [0.05, 0.1) is 18.1 Å². The molecule has 1 aromatic rings. The first-order valence-corrected chi connectivity index (χ1v) is 5.79. The number of hydrogen-bond donors (Lipinski definition) is 2. The minimum absolute atomic E-state index is 0.262. The van der Waals surface area contributed by atoms with E-state index < -0.39 is 0 Å². The van der Waals surface area contributed by atoms with Crippen LogP contribution in [0.4, 0.5) is 5.82 Å². The molecule has 6 heteroatoms. The lowest BCUT2D eigenvalue weighted by Crippen LogP contribution is -2.48. The molecule has 0 aliphatic carbocycles. The molecule has 17 heavy (non-hydrogen) atoms. The zero-order chi connectivity index (χ0) is 12.3. The van der Waals surface area contributed by atoms with Gasteiger partial charge < -0.3 is 16.4 Å². The lowest BCUT2D eigenvalue weighted by molar-refractivity contribution is -0.119. The van der Waals surface area contributed by atoms with E-state index in [0.717, 1.165) is 31.5 Å². The molecule has 6 nitrogen and oxygen atoms in total. The highest BCUT2D eigenvalue weighted by molar-refractivity contribution is 5.83. The number of nitrogens with zero attached hydrogens (tertiary/aromatic N) is 3. The van der Waals surface area contributed by atoms with Crippen LogP contribution in [0.3, 0.4) is 0 Å². The maximum absolute atomic E-state index is 11.4. The molecule has 1 aromatic heterocycles. The predicted octanol–water partition coefficient (Wildman–Crippen LogP) is -0.221. The zero-order valence-corrected chi connectivity index (χ0v) is 9.67. The van der Waals surface area contributed by atoms with Crippen LogP contribution in [-0.2, 0) is 11.3 Å². The monoisotopic (exact) mass is 235 g/mol. The molecule has 1 amide bonds. The Labute approximate surface area is 100 Å². The standard InChI is InChI=1S/C11H17N5O/c12-5-8-6-15-10(7-14-8)16-4-2-1-3-9(16)11(13)17/h6-7,9H,1-5,12H2,(H2,13,17). The number of carbonyl (C=O) groups is 1. The second kappa shape index (κ2) is 5.09. The van der Waals surface area contributed by atoms with E-state index in [0.29, 0.717) is 12.4 Å². The summed E-state index contributed by atoms with van der Waals surface area (Å²) in [6.07, 6.45) is 6.16. The Bertz CT molecular complexity index is 391. The number of amides is 1. The van der Waals surface area contributed by atoms with E-state index in [2.05, 4.69) is 9.97 Å². The quantitative estimate of drug-likeness (QED) is 0.754. The first-order valence-electron chi connectivity index (χ1n) is 5.79. The molecule has 1 aliphatic rings. The second-order valence-corrected chi connectivity index (χ2v) is 4.18. The Balaban J connectivity index is 2.20. The molecule has 0 bridgehead atoms. The lowest BCUT2D eigenvalue weighted by atomic mass is 10.0. The summed E-state index contributed by atoms with van der Waals surface area (Å²) in [5.41, 5.74) is 11.6. The van der Waals surface area contributed by atoms with Crippen LogP contribution < -0.4 is 16.4 Å². The summed E-state index contributed by atoms with van der Waals surface area (Å²) in [5, 5.41) is 0. The van der Waals surface area contributed by atoms with Crippen LogP contribution in [0.25, 0.3) is 0 Å². The molecule has 2 heterocycles. The first kappa shape index (κ1) is 11.8. The molecule has 0 saturated carbocycles. The molecule has 2 rings (SSSR count). The van der Waals surface area contributed by atoms with Gasteiger partial charge in [-0.3, -0.25) is 9.78 Å². The Hall–Kier alpha value is -1.69. The van der Waals surface area contributed by atoms with Crippen LogP contribution in [0.1, 0.15) is 25.0 Å². The van der Waals surface area contributed by atoms with Gasteiger partial charge in [-0.05, 0) is 19.3 Å². The van der Waals surface area contributed by atoms with Crippen LogP contribution in [0.2, 0.25) is 0 Å². The SMILES string of the molecule is NCc1cnc(N2CCCCC2C(N)=O)cn1. The van der Waals surface area contributed by atoms with Crippen molar-refractivity contribution in [2.75, 3.05) is 11.4 Å². The summed E-state index contributed by atoms with van der Waals surface area (Å²) >= 11 is 0. The van der Waals surface area contributed by atoms with Gasteiger partial charge in [-0.15, -0.1) is 0 Å². The van der Waals surface area contributed by atoms with Crippen molar-refractivity contribution in [3.8, 4) is 0 Å². The van der Waals surface area contributed by atoms with Crippen LogP contribution in [0.5, 0.6) is 0 Å². The van der Waals surface area contributed by atoms with Crippen LogP contribution in [0, 0.1) is 0 Å². The average molecular weight is 235 g/mol. The van der Waals surface area contributed by atoms with E-state index in [9.17, 15) is 4.79 Å². The molecular weight excluding hydrogens is 218 g/mol. The predicted molar refractivity (Wildman–Crippen MR) is 64.1 cm³/mol. The first-order chi connectivity index (χ1) is 8.22. The van der Waals surface area contributed by atoms with Gasteiger partial charge in [-0.1, -0.05) is 0 Å². The zero-order valence-electron chi connectivity index (χ0n) is 9.67. The molecule has 1 fully saturated rings. The van der Waals surface area contributed by atoms with Gasteiger partial charge >= 0.3 is 0 Å². The normalized spacial score (nSPS) is 20.3. The fourth-order valence-electron chi connectivity index (χ4n) is 2.10. The average Bonchev–Trinajstić information content (AvgIpc) is 2.39. The summed E-state index contributed by atoms with van der Waals surface area (Å²) < 4.78 is 0. The topological polar surface area (TPSA) is 98.1 Å². The van der Waals surface area contributed by atoms with E-state index in [1.54, 1.807) is 12.4 Å². The van der Waals surface area contributed by atoms with Crippen molar-refractivity contribution in [1.29, 1.82) is 0 Å². The van der Waals surface area contributed by atoms with Gasteiger partial charge in [-0.25, -0.2) is 4.98 Å². The third-order valence-corrected chi connectivity index (χ3v) is 3.03. The molecular formula is C11H17N5O. The summed E-state index contributed by atoms with van der Waals surface area (Å²) in [5.74, 6) is 0.403. The summed E-state index contributed by atoms with van der Waals surface area (Å²) in [6.45, 7) is 1.16. The molecule has 0 radical (unpaired) electrons. The Morgan fingerprint density at radius 1 is 1.41 bits per heavy atom. The fraction of sp³-hybridized carbons (Fsp3) is 0.545. The summed E-state index contributed by atoms with van der Waals surface area (Å²) in [4.78, 5) is 21.8. The van der Waals surface area contributed by atoms with E-state index >= 15 is 0 Å². The highest BCUT2D eigenvalue weighted by Crippen LogP contribution is 2.22. The Morgan fingerprint density at radius 3 is 2.82 bits per heavy atom. The Morgan fingerprint density at radius 2 is 2.24 bits per heavy atom. The van der Waals surface area contributed by atoms with Crippen LogP contribution in [0.15, 0.2) is 12.4 Å². The minimum Gasteiger partial charge on any atom is -0.368 e. The minimum atomic E-state index is -0.297. The fourth-order valence-corrected chi connectivity index (χ4v) is 2.10. The number of primary amides is 1. The number of aromatic nitrogens is 2. The number of nitrogens with two attached hydrogens (primary N) is 2. The van der Waals surface area contributed by atoms with Gasteiger partial charge in [0.15, 0.2) is 0 Å². The molecule has 1 aliphatic heterocycles.